The molecule has 0 saturated carbocycles. The molecule has 0 aliphatic heterocycles. The van der Waals surface area contributed by atoms with Crippen LogP contribution in [0.5, 0.6) is 0 Å². The Bertz CT molecular complexity index is 936. The lowest BCUT2D eigenvalue weighted by Crippen LogP contribution is -2.25. The lowest BCUT2D eigenvalue weighted by atomic mass is 9.97. The second kappa shape index (κ2) is 5.47. The van der Waals surface area contributed by atoms with Crippen LogP contribution >= 0.6 is 0 Å². The summed E-state index contributed by atoms with van der Waals surface area (Å²) < 4.78 is 1.98. The van der Waals surface area contributed by atoms with Gasteiger partial charge < -0.3 is 0 Å². The van der Waals surface area contributed by atoms with Crippen LogP contribution in [0.1, 0.15) is 27.0 Å². The van der Waals surface area contributed by atoms with Gasteiger partial charge in [-0.3, -0.25) is 4.79 Å². The van der Waals surface area contributed by atoms with Crippen molar-refractivity contribution in [2.45, 2.75) is 12.8 Å². The van der Waals surface area contributed by atoms with E-state index in [2.05, 4.69) is 24.3 Å². The summed E-state index contributed by atoms with van der Waals surface area (Å²) >= 11 is 0. The van der Waals surface area contributed by atoms with Gasteiger partial charge in [-0.1, -0.05) is 36.4 Å². The van der Waals surface area contributed by atoms with E-state index in [0.717, 1.165) is 24.0 Å². The second-order valence-electron chi connectivity index (χ2n) is 6.10. The van der Waals surface area contributed by atoms with Crippen LogP contribution in [0.3, 0.4) is 0 Å². The summed E-state index contributed by atoms with van der Waals surface area (Å²) in [5.74, 6) is 0.0897. The van der Waals surface area contributed by atoms with E-state index in [1.54, 1.807) is 6.08 Å². The smallest absolute Gasteiger partial charge is 0.186 e. The summed E-state index contributed by atoms with van der Waals surface area (Å²) in [4.78, 5) is 12.6. The molecule has 0 unspecified atom stereocenters. The molecule has 0 radical (unpaired) electrons. The first kappa shape index (κ1) is 13.9. The molecule has 0 fully saturated rings. The minimum Gasteiger partial charge on any atom is -0.289 e. The van der Waals surface area contributed by atoms with Crippen molar-refractivity contribution < 1.29 is 9.36 Å². The quantitative estimate of drug-likeness (QED) is 0.411. The molecule has 112 valence electrons. The molecule has 23 heavy (non-hydrogen) atoms. The zero-order valence-corrected chi connectivity index (χ0v) is 13.1. The fourth-order valence-electron chi connectivity index (χ4n) is 3.38. The Balaban J connectivity index is 1.70. The summed E-state index contributed by atoms with van der Waals surface area (Å²) in [5.41, 5.74) is 4.47. The number of carbonyl (C=O) groups excluding carboxylic acids is 1. The van der Waals surface area contributed by atoms with Gasteiger partial charge in [-0.25, -0.2) is 4.57 Å². The van der Waals surface area contributed by atoms with Crippen molar-refractivity contribution in [1.29, 1.82) is 0 Å². The number of rotatable bonds is 3. The van der Waals surface area contributed by atoms with E-state index >= 15 is 0 Å². The second-order valence-corrected chi connectivity index (χ2v) is 6.10. The lowest BCUT2D eigenvalue weighted by Gasteiger charge is -2.06. The van der Waals surface area contributed by atoms with Gasteiger partial charge in [0.05, 0.1) is 0 Å². The molecule has 0 bridgehead atoms. The average Bonchev–Trinajstić information content (AvgIpc) is 3.00. The van der Waals surface area contributed by atoms with Crippen LogP contribution in [-0.4, -0.2) is 5.78 Å². The topological polar surface area (TPSA) is 20.9 Å². The van der Waals surface area contributed by atoms with Crippen molar-refractivity contribution >= 4 is 22.6 Å². The number of aromatic nitrogens is 1. The SMILES string of the molecule is C[n+]1ccc(/C=C/C(=O)c2ccc3cccc4c3c2CC4)cc1. The molecular formula is C21H18NO+. The molecule has 1 aliphatic rings. The Morgan fingerprint density at radius 2 is 1.87 bits per heavy atom. The predicted octanol–water partition coefficient (Wildman–Crippen LogP) is 3.66. The van der Waals surface area contributed by atoms with Crippen molar-refractivity contribution in [2.75, 3.05) is 0 Å². The molecule has 1 aromatic heterocycles. The number of hydrogen-bond acceptors (Lipinski definition) is 1. The molecule has 2 aromatic carbocycles. The molecule has 3 aromatic rings. The zero-order chi connectivity index (χ0) is 15.8. The monoisotopic (exact) mass is 300 g/mol. The third kappa shape index (κ3) is 2.46. The van der Waals surface area contributed by atoms with Crippen LogP contribution in [0.15, 0.2) is 60.9 Å². The van der Waals surface area contributed by atoms with Crippen LogP contribution in [0, 0.1) is 0 Å². The fourth-order valence-corrected chi connectivity index (χ4v) is 3.38. The Hall–Kier alpha value is -2.74. The van der Waals surface area contributed by atoms with Gasteiger partial charge in [0, 0.05) is 17.7 Å². The highest BCUT2D eigenvalue weighted by molar-refractivity contribution is 6.11. The van der Waals surface area contributed by atoms with E-state index in [4.69, 9.17) is 0 Å². The maximum absolute atomic E-state index is 12.6. The maximum atomic E-state index is 12.6. The van der Waals surface area contributed by atoms with E-state index < -0.39 is 0 Å². The van der Waals surface area contributed by atoms with Gasteiger partial charge in [0.15, 0.2) is 18.2 Å². The van der Waals surface area contributed by atoms with Crippen molar-refractivity contribution in [2.24, 2.45) is 7.05 Å². The molecule has 1 aliphatic carbocycles. The largest absolute Gasteiger partial charge is 0.289 e. The predicted molar refractivity (Wildman–Crippen MR) is 92.3 cm³/mol. The molecule has 0 N–H and O–H groups in total. The first-order valence-corrected chi connectivity index (χ1v) is 7.93. The van der Waals surface area contributed by atoms with Crippen molar-refractivity contribution in [3.63, 3.8) is 0 Å². The molecule has 0 saturated heterocycles. The van der Waals surface area contributed by atoms with Crippen molar-refractivity contribution in [1.82, 2.24) is 0 Å². The number of nitrogens with zero attached hydrogens (tertiary/aromatic N) is 1. The maximum Gasteiger partial charge on any atom is 0.186 e. The first-order chi connectivity index (χ1) is 11.2. The van der Waals surface area contributed by atoms with Gasteiger partial charge in [0.1, 0.15) is 7.05 Å². The minimum atomic E-state index is 0.0897. The number of allylic oxidation sites excluding steroid dienone is 1. The molecular weight excluding hydrogens is 282 g/mol. The van der Waals surface area contributed by atoms with Gasteiger partial charge in [-0.05, 0) is 46.4 Å². The van der Waals surface area contributed by atoms with Gasteiger partial charge >= 0.3 is 0 Å². The summed E-state index contributed by atoms with van der Waals surface area (Å²) in [6.45, 7) is 0. The molecule has 2 nitrogen and oxygen atoms in total. The summed E-state index contributed by atoms with van der Waals surface area (Å²) in [5, 5.41) is 2.53. The highest BCUT2D eigenvalue weighted by Crippen LogP contribution is 2.33. The summed E-state index contributed by atoms with van der Waals surface area (Å²) in [6, 6.07) is 14.4. The number of pyridine rings is 1. The fraction of sp³-hybridized carbons (Fsp3) is 0.143. The molecule has 1 heterocycles. The highest BCUT2D eigenvalue weighted by atomic mass is 16.1. The van der Waals surface area contributed by atoms with Crippen molar-refractivity contribution in [3.8, 4) is 0 Å². The third-order valence-electron chi connectivity index (χ3n) is 4.58. The number of benzene rings is 2. The van der Waals surface area contributed by atoms with Crippen LogP contribution in [-0.2, 0) is 19.9 Å². The summed E-state index contributed by atoms with van der Waals surface area (Å²) in [7, 11) is 1.98. The van der Waals surface area contributed by atoms with E-state index in [9.17, 15) is 4.79 Å². The summed E-state index contributed by atoms with van der Waals surface area (Å²) in [6.07, 6.45) is 9.54. The number of carbonyl (C=O) groups is 1. The zero-order valence-electron chi connectivity index (χ0n) is 13.1. The Kier molecular flexibility index (Phi) is 3.30. The Morgan fingerprint density at radius 3 is 2.70 bits per heavy atom. The average molecular weight is 300 g/mol. The molecule has 4 rings (SSSR count). The Morgan fingerprint density at radius 1 is 1.04 bits per heavy atom. The van der Waals surface area contributed by atoms with Crippen LogP contribution in [0.2, 0.25) is 0 Å². The normalized spacial score (nSPS) is 13.1. The van der Waals surface area contributed by atoms with E-state index in [1.165, 1.54) is 21.9 Å². The van der Waals surface area contributed by atoms with Crippen LogP contribution < -0.4 is 4.57 Å². The molecule has 2 heteroatoms. The van der Waals surface area contributed by atoms with E-state index in [-0.39, 0.29) is 5.78 Å². The van der Waals surface area contributed by atoms with Crippen LogP contribution in [0.25, 0.3) is 16.8 Å². The van der Waals surface area contributed by atoms with Gasteiger partial charge in [0.25, 0.3) is 0 Å². The highest BCUT2D eigenvalue weighted by Gasteiger charge is 2.19. The number of ketones is 1. The number of hydrogen-bond donors (Lipinski definition) is 0. The van der Waals surface area contributed by atoms with Gasteiger partial charge in [0.2, 0.25) is 0 Å². The van der Waals surface area contributed by atoms with E-state index in [0.29, 0.717) is 0 Å². The van der Waals surface area contributed by atoms with Crippen molar-refractivity contribution in [3.05, 3.63) is 83.2 Å². The standard InChI is InChI=1S/C21H18NO/c1-22-13-11-15(12-14-22)5-10-20(23)18-8-6-16-3-2-4-17-7-9-19(18)21(16)17/h2-6,8,10-14H,7,9H2,1H3/q+1/b10-5+. The van der Waals surface area contributed by atoms with E-state index in [1.807, 2.05) is 48.3 Å². The lowest BCUT2D eigenvalue weighted by molar-refractivity contribution is -0.671. The Labute approximate surface area is 135 Å². The van der Waals surface area contributed by atoms with Gasteiger partial charge in [-0.2, -0.15) is 0 Å². The van der Waals surface area contributed by atoms with Crippen LogP contribution in [0.4, 0.5) is 0 Å². The number of aryl methyl sites for hydroxylation is 3. The molecule has 0 atom stereocenters. The molecule has 0 spiro atoms. The molecule has 0 amide bonds. The third-order valence-corrected chi connectivity index (χ3v) is 4.58. The van der Waals surface area contributed by atoms with Gasteiger partial charge in [-0.15, -0.1) is 0 Å². The first-order valence-electron chi connectivity index (χ1n) is 7.93. The minimum absolute atomic E-state index is 0.0897.